The monoisotopic (exact) mass is 404 g/mol. The smallest absolute Gasteiger partial charge is 0.253 e. The van der Waals surface area contributed by atoms with E-state index in [0.29, 0.717) is 29.2 Å². The molecule has 0 atom stereocenters. The van der Waals surface area contributed by atoms with Gasteiger partial charge in [-0.15, -0.1) is 0 Å². The minimum Gasteiger partial charge on any atom is -0.356 e. The van der Waals surface area contributed by atoms with Crippen LogP contribution < -0.4 is 4.90 Å². The fourth-order valence-electron chi connectivity index (χ4n) is 3.19. The highest BCUT2D eigenvalue weighted by molar-refractivity contribution is 7.98. The second-order valence-electron chi connectivity index (χ2n) is 6.49. The summed E-state index contributed by atoms with van der Waals surface area (Å²) in [5, 5.41) is 1.14. The Hall–Kier alpha value is -1.79. The lowest BCUT2D eigenvalue weighted by Crippen LogP contribution is -2.30. The molecule has 0 radical (unpaired) electrons. The molecule has 0 spiro atoms. The van der Waals surface area contributed by atoms with E-state index in [1.165, 1.54) is 12.8 Å². The summed E-state index contributed by atoms with van der Waals surface area (Å²) in [6.45, 7) is 7.46. The van der Waals surface area contributed by atoms with Gasteiger partial charge in [0, 0.05) is 43.6 Å². The molecule has 5 nitrogen and oxygen atoms in total. The van der Waals surface area contributed by atoms with Crippen molar-refractivity contribution in [2.45, 2.75) is 37.6 Å². The molecule has 0 saturated carbocycles. The number of amides is 1. The second-order valence-corrected chi connectivity index (χ2v) is 7.82. The summed E-state index contributed by atoms with van der Waals surface area (Å²) < 4.78 is 0. The molecule has 1 amide bonds. The molecule has 0 bridgehead atoms. The van der Waals surface area contributed by atoms with E-state index in [0.717, 1.165) is 30.0 Å². The topological polar surface area (TPSA) is 49.3 Å². The molecule has 1 aliphatic rings. The van der Waals surface area contributed by atoms with E-state index in [2.05, 4.69) is 14.9 Å². The van der Waals surface area contributed by atoms with Crippen LogP contribution in [0.3, 0.4) is 0 Å². The molecule has 0 aliphatic carbocycles. The summed E-state index contributed by atoms with van der Waals surface area (Å²) in [7, 11) is 0. The SMILES string of the molecule is CCN(CC)C(=O)c1cccc(CSc2nc(Cl)cc(N3CCCC3)n2)c1. The normalized spacial score (nSPS) is 13.8. The second kappa shape index (κ2) is 9.42. The molecule has 1 saturated heterocycles. The van der Waals surface area contributed by atoms with Gasteiger partial charge in [-0.25, -0.2) is 9.97 Å². The standard InChI is InChI=1S/C20H25ClN4OS/c1-3-24(4-2)19(26)16-9-7-8-15(12-16)14-27-20-22-17(21)13-18(23-20)25-10-5-6-11-25/h7-9,12-13H,3-6,10-11,14H2,1-2H3. The van der Waals surface area contributed by atoms with E-state index in [-0.39, 0.29) is 5.91 Å². The molecule has 0 N–H and O–H groups in total. The van der Waals surface area contributed by atoms with Crippen molar-refractivity contribution in [3.63, 3.8) is 0 Å². The van der Waals surface area contributed by atoms with Gasteiger partial charge in [0.25, 0.3) is 5.91 Å². The van der Waals surface area contributed by atoms with Gasteiger partial charge in [-0.2, -0.15) is 0 Å². The first-order valence-electron chi connectivity index (χ1n) is 9.41. The molecule has 27 heavy (non-hydrogen) atoms. The summed E-state index contributed by atoms with van der Waals surface area (Å²) in [6, 6.07) is 9.62. The average molecular weight is 405 g/mol. The van der Waals surface area contributed by atoms with Crippen molar-refractivity contribution in [3.05, 3.63) is 46.6 Å². The number of hydrogen-bond donors (Lipinski definition) is 0. The van der Waals surface area contributed by atoms with E-state index < -0.39 is 0 Å². The van der Waals surface area contributed by atoms with Crippen LogP contribution in [0, 0.1) is 0 Å². The van der Waals surface area contributed by atoms with Gasteiger partial charge in [0.05, 0.1) is 0 Å². The van der Waals surface area contributed by atoms with E-state index in [9.17, 15) is 4.79 Å². The first-order chi connectivity index (χ1) is 13.1. The Morgan fingerprint density at radius 1 is 1.19 bits per heavy atom. The summed E-state index contributed by atoms with van der Waals surface area (Å²) in [5.41, 5.74) is 1.80. The van der Waals surface area contributed by atoms with Crippen LogP contribution in [0.5, 0.6) is 0 Å². The lowest BCUT2D eigenvalue weighted by molar-refractivity contribution is 0.0773. The van der Waals surface area contributed by atoms with Gasteiger partial charge in [0.2, 0.25) is 0 Å². The average Bonchev–Trinajstić information content (AvgIpc) is 3.22. The maximum absolute atomic E-state index is 12.5. The predicted molar refractivity (Wildman–Crippen MR) is 112 cm³/mol. The fourth-order valence-corrected chi connectivity index (χ4v) is 4.22. The van der Waals surface area contributed by atoms with E-state index in [4.69, 9.17) is 11.6 Å². The summed E-state index contributed by atoms with van der Waals surface area (Å²) in [6.07, 6.45) is 2.38. The van der Waals surface area contributed by atoms with Gasteiger partial charge in [-0.1, -0.05) is 35.5 Å². The molecule has 1 aromatic carbocycles. The van der Waals surface area contributed by atoms with E-state index >= 15 is 0 Å². The quantitative estimate of drug-likeness (QED) is 0.386. The molecular formula is C20H25ClN4OS. The van der Waals surface area contributed by atoms with Crippen molar-refractivity contribution in [1.29, 1.82) is 0 Å². The third kappa shape index (κ3) is 5.14. The maximum atomic E-state index is 12.5. The minimum atomic E-state index is 0.0715. The van der Waals surface area contributed by atoms with Gasteiger partial charge in [-0.05, 0) is 44.4 Å². The number of anilines is 1. The number of benzene rings is 1. The molecule has 2 heterocycles. The minimum absolute atomic E-state index is 0.0715. The van der Waals surface area contributed by atoms with Crippen LogP contribution in [0.4, 0.5) is 5.82 Å². The summed E-state index contributed by atoms with van der Waals surface area (Å²) in [4.78, 5) is 25.6. The number of halogens is 1. The predicted octanol–water partition coefficient (Wildman–Crippen LogP) is 4.50. The van der Waals surface area contributed by atoms with Crippen molar-refractivity contribution in [3.8, 4) is 0 Å². The molecule has 7 heteroatoms. The molecule has 1 aromatic heterocycles. The van der Waals surface area contributed by atoms with Crippen LogP contribution in [0.15, 0.2) is 35.5 Å². The number of carbonyl (C=O) groups excluding carboxylic acids is 1. The van der Waals surface area contributed by atoms with Crippen molar-refractivity contribution in [2.75, 3.05) is 31.1 Å². The zero-order valence-electron chi connectivity index (χ0n) is 15.8. The van der Waals surface area contributed by atoms with Crippen LogP contribution >= 0.6 is 23.4 Å². The molecule has 2 aromatic rings. The van der Waals surface area contributed by atoms with Crippen molar-refractivity contribution >= 4 is 35.1 Å². The van der Waals surface area contributed by atoms with Crippen LogP contribution in [0.2, 0.25) is 5.15 Å². The Balaban J connectivity index is 1.70. The molecule has 1 fully saturated rings. The number of thioether (sulfide) groups is 1. The van der Waals surface area contributed by atoms with Crippen molar-refractivity contribution < 1.29 is 4.79 Å². The Bertz CT molecular complexity index is 791. The van der Waals surface area contributed by atoms with Crippen molar-refractivity contribution in [2.24, 2.45) is 0 Å². The number of rotatable bonds is 7. The Kier molecular flexibility index (Phi) is 6.96. The lowest BCUT2D eigenvalue weighted by atomic mass is 10.1. The van der Waals surface area contributed by atoms with E-state index in [1.807, 2.05) is 49.1 Å². The van der Waals surface area contributed by atoms with Gasteiger partial charge >= 0.3 is 0 Å². The van der Waals surface area contributed by atoms with Gasteiger partial charge in [0.15, 0.2) is 5.16 Å². The number of carbonyl (C=O) groups is 1. The Labute approximate surface area is 170 Å². The highest BCUT2D eigenvalue weighted by atomic mass is 35.5. The fraction of sp³-hybridized carbons (Fsp3) is 0.450. The lowest BCUT2D eigenvalue weighted by Gasteiger charge is -2.19. The zero-order valence-corrected chi connectivity index (χ0v) is 17.4. The van der Waals surface area contributed by atoms with E-state index in [1.54, 1.807) is 11.8 Å². The molecule has 0 unspecified atom stereocenters. The first kappa shape index (κ1) is 20.0. The zero-order chi connectivity index (χ0) is 19.2. The number of aromatic nitrogens is 2. The third-order valence-corrected chi connectivity index (χ3v) is 5.80. The summed E-state index contributed by atoms with van der Waals surface area (Å²) >= 11 is 7.75. The summed E-state index contributed by atoms with van der Waals surface area (Å²) in [5.74, 6) is 1.67. The van der Waals surface area contributed by atoms with Gasteiger partial charge in [-0.3, -0.25) is 4.79 Å². The van der Waals surface area contributed by atoms with Crippen LogP contribution in [0.25, 0.3) is 0 Å². The molecule has 3 rings (SSSR count). The van der Waals surface area contributed by atoms with Gasteiger partial charge < -0.3 is 9.80 Å². The molecule has 144 valence electrons. The molecule has 1 aliphatic heterocycles. The molecular weight excluding hydrogens is 380 g/mol. The van der Waals surface area contributed by atoms with Crippen LogP contribution in [-0.2, 0) is 5.75 Å². The van der Waals surface area contributed by atoms with Crippen molar-refractivity contribution in [1.82, 2.24) is 14.9 Å². The number of hydrogen-bond acceptors (Lipinski definition) is 5. The van der Waals surface area contributed by atoms with Crippen LogP contribution in [-0.4, -0.2) is 47.0 Å². The van der Waals surface area contributed by atoms with Gasteiger partial charge in [0.1, 0.15) is 11.0 Å². The highest BCUT2D eigenvalue weighted by Gasteiger charge is 2.16. The first-order valence-corrected chi connectivity index (χ1v) is 10.8. The number of nitrogens with zero attached hydrogens (tertiary/aromatic N) is 4. The Morgan fingerprint density at radius 2 is 1.93 bits per heavy atom. The largest absolute Gasteiger partial charge is 0.356 e. The highest BCUT2D eigenvalue weighted by Crippen LogP contribution is 2.26. The maximum Gasteiger partial charge on any atom is 0.253 e. The van der Waals surface area contributed by atoms with Crippen LogP contribution in [0.1, 0.15) is 42.6 Å². The Morgan fingerprint density at radius 3 is 2.63 bits per heavy atom. The third-order valence-electron chi connectivity index (χ3n) is 4.68.